The van der Waals surface area contributed by atoms with Crippen molar-refractivity contribution in [2.24, 2.45) is 4.99 Å². The van der Waals surface area contributed by atoms with Crippen LogP contribution in [-0.4, -0.2) is 60.9 Å². The van der Waals surface area contributed by atoms with E-state index in [9.17, 15) is 4.79 Å². The molecule has 1 aliphatic rings. The van der Waals surface area contributed by atoms with Gasteiger partial charge in [-0.2, -0.15) is 0 Å². The van der Waals surface area contributed by atoms with Crippen molar-refractivity contribution in [1.29, 1.82) is 0 Å². The molecule has 1 aliphatic heterocycles. The summed E-state index contributed by atoms with van der Waals surface area (Å²) >= 11 is 0. The number of rotatable bonds is 7. The zero-order chi connectivity index (χ0) is 22.9. The predicted molar refractivity (Wildman–Crippen MR) is 131 cm³/mol. The highest BCUT2D eigenvalue weighted by Gasteiger charge is 2.26. The smallest absolute Gasteiger partial charge is 0.243 e. The number of likely N-dealkylation sites (tertiary alicyclic amines) is 1. The van der Waals surface area contributed by atoms with E-state index in [1.54, 1.807) is 19.0 Å². The van der Waals surface area contributed by atoms with Crippen molar-refractivity contribution in [2.75, 3.05) is 27.2 Å². The quantitative estimate of drug-likeness (QED) is 0.517. The first-order valence-electron chi connectivity index (χ1n) is 11.5. The lowest BCUT2D eigenvalue weighted by Gasteiger charge is -2.38. The number of carbonyl (C=O) groups excluding carboxylic acids is 1. The molecule has 32 heavy (non-hydrogen) atoms. The van der Waals surface area contributed by atoms with Gasteiger partial charge >= 0.3 is 0 Å². The van der Waals surface area contributed by atoms with Crippen LogP contribution in [0.1, 0.15) is 43.9 Å². The van der Waals surface area contributed by atoms with E-state index >= 15 is 0 Å². The summed E-state index contributed by atoms with van der Waals surface area (Å²) in [5.41, 5.74) is 2.54. The topological polar surface area (TPSA) is 60.0 Å². The van der Waals surface area contributed by atoms with Crippen LogP contribution in [0.4, 0.5) is 0 Å². The number of benzene rings is 2. The molecule has 3 rings (SSSR count). The molecule has 3 unspecified atom stereocenters. The molecular formula is C26H37N5O. The Bertz CT molecular complexity index is 868. The van der Waals surface area contributed by atoms with E-state index in [0.29, 0.717) is 18.0 Å². The molecular weight excluding hydrogens is 398 g/mol. The second-order valence-electron chi connectivity index (χ2n) is 8.90. The number of hydrogen-bond donors (Lipinski definition) is 2. The van der Waals surface area contributed by atoms with Crippen LogP contribution in [0, 0.1) is 0 Å². The molecule has 2 aromatic rings. The van der Waals surface area contributed by atoms with E-state index in [-0.39, 0.29) is 18.5 Å². The molecule has 2 N–H and O–H groups in total. The maximum absolute atomic E-state index is 12.1. The number of aliphatic imine (C=N–C) groups is 1. The van der Waals surface area contributed by atoms with Crippen molar-refractivity contribution >= 4 is 11.9 Å². The van der Waals surface area contributed by atoms with E-state index in [0.717, 1.165) is 25.9 Å². The minimum absolute atomic E-state index is 0.00971. The van der Waals surface area contributed by atoms with Crippen LogP contribution >= 0.6 is 0 Å². The summed E-state index contributed by atoms with van der Waals surface area (Å²) in [5, 5.41) is 7.10. The number of carbonyl (C=O) groups is 1. The van der Waals surface area contributed by atoms with Gasteiger partial charge in [-0.3, -0.25) is 9.69 Å². The molecule has 1 amide bonds. The molecule has 2 aromatic carbocycles. The number of guanidine groups is 1. The van der Waals surface area contributed by atoms with E-state index in [2.05, 4.69) is 76.8 Å². The van der Waals surface area contributed by atoms with Gasteiger partial charge in [0.15, 0.2) is 5.96 Å². The highest BCUT2D eigenvalue weighted by Crippen LogP contribution is 2.20. The first-order chi connectivity index (χ1) is 15.4. The Morgan fingerprint density at radius 2 is 1.78 bits per heavy atom. The average molecular weight is 436 g/mol. The van der Waals surface area contributed by atoms with Gasteiger partial charge in [-0.25, -0.2) is 4.99 Å². The van der Waals surface area contributed by atoms with Gasteiger partial charge in [0.1, 0.15) is 6.54 Å². The van der Waals surface area contributed by atoms with Crippen molar-refractivity contribution in [3.05, 3.63) is 71.8 Å². The number of piperidine rings is 1. The third kappa shape index (κ3) is 7.09. The summed E-state index contributed by atoms with van der Waals surface area (Å²) < 4.78 is 0. The van der Waals surface area contributed by atoms with Crippen LogP contribution in [0.5, 0.6) is 0 Å². The summed E-state index contributed by atoms with van der Waals surface area (Å²) in [4.78, 5) is 20.8. The average Bonchev–Trinajstić information content (AvgIpc) is 2.80. The van der Waals surface area contributed by atoms with Crippen LogP contribution in [0.2, 0.25) is 0 Å². The van der Waals surface area contributed by atoms with Gasteiger partial charge in [0.05, 0.1) is 6.04 Å². The summed E-state index contributed by atoms with van der Waals surface area (Å²) in [6, 6.07) is 21.8. The SMILES string of the molecule is CC(NC(=NCC(=O)N(C)C)NC1CCN(Cc2ccccc2)C(C)C1)c1ccccc1. The molecule has 3 atom stereocenters. The third-order valence-corrected chi connectivity index (χ3v) is 6.11. The van der Waals surface area contributed by atoms with Crippen molar-refractivity contribution in [3.8, 4) is 0 Å². The summed E-state index contributed by atoms with van der Waals surface area (Å²) in [6.45, 7) is 6.56. The van der Waals surface area contributed by atoms with E-state index < -0.39 is 0 Å². The van der Waals surface area contributed by atoms with Crippen molar-refractivity contribution < 1.29 is 4.79 Å². The largest absolute Gasteiger partial charge is 0.354 e. The molecule has 6 nitrogen and oxygen atoms in total. The van der Waals surface area contributed by atoms with Crippen LogP contribution in [0.15, 0.2) is 65.7 Å². The highest BCUT2D eigenvalue weighted by atomic mass is 16.2. The number of hydrogen-bond acceptors (Lipinski definition) is 3. The number of nitrogens with zero attached hydrogens (tertiary/aromatic N) is 3. The first kappa shape index (κ1) is 23.8. The van der Waals surface area contributed by atoms with Crippen LogP contribution in [-0.2, 0) is 11.3 Å². The lowest BCUT2D eigenvalue weighted by Crippen LogP contribution is -2.51. The lowest BCUT2D eigenvalue weighted by molar-refractivity contribution is -0.127. The Hall–Kier alpha value is -2.86. The second-order valence-corrected chi connectivity index (χ2v) is 8.90. The van der Waals surface area contributed by atoms with E-state index in [1.165, 1.54) is 11.1 Å². The minimum atomic E-state index is -0.00971. The molecule has 0 aromatic heterocycles. The maximum atomic E-state index is 12.1. The molecule has 1 saturated heterocycles. The Morgan fingerprint density at radius 3 is 2.41 bits per heavy atom. The summed E-state index contributed by atoms with van der Waals surface area (Å²) in [7, 11) is 3.52. The monoisotopic (exact) mass is 435 g/mol. The molecule has 1 heterocycles. The van der Waals surface area contributed by atoms with E-state index in [4.69, 9.17) is 0 Å². The molecule has 0 radical (unpaired) electrons. The van der Waals surface area contributed by atoms with Crippen LogP contribution in [0.25, 0.3) is 0 Å². The van der Waals surface area contributed by atoms with Gasteiger partial charge < -0.3 is 15.5 Å². The highest BCUT2D eigenvalue weighted by molar-refractivity contribution is 5.85. The number of likely N-dealkylation sites (N-methyl/N-ethyl adjacent to an activating group) is 1. The zero-order valence-electron chi connectivity index (χ0n) is 19.8. The Morgan fingerprint density at radius 1 is 1.12 bits per heavy atom. The standard InChI is InChI=1S/C26H37N5O/c1-20-17-24(15-16-31(20)19-22-11-7-5-8-12-22)29-26(27-18-25(32)30(3)4)28-21(2)23-13-9-6-10-14-23/h5-14,20-21,24H,15-19H2,1-4H3,(H2,27,28,29). The fraction of sp³-hybridized carbons (Fsp3) is 0.462. The fourth-order valence-corrected chi connectivity index (χ4v) is 4.05. The number of amides is 1. The van der Waals surface area contributed by atoms with E-state index in [1.807, 2.05) is 18.2 Å². The molecule has 6 heteroatoms. The Balaban J connectivity index is 1.62. The lowest BCUT2D eigenvalue weighted by atomic mass is 9.97. The summed E-state index contributed by atoms with van der Waals surface area (Å²) in [6.07, 6.45) is 2.08. The minimum Gasteiger partial charge on any atom is -0.354 e. The van der Waals surface area contributed by atoms with Crippen molar-refractivity contribution in [1.82, 2.24) is 20.4 Å². The maximum Gasteiger partial charge on any atom is 0.243 e. The third-order valence-electron chi connectivity index (χ3n) is 6.11. The van der Waals surface area contributed by atoms with Gasteiger partial charge in [0.2, 0.25) is 5.91 Å². The van der Waals surface area contributed by atoms with Gasteiger partial charge in [-0.15, -0.1) is 0 Å². The van der Waals surface area contributed by atoms with Gasteiger partial charge in [0, 0.05) is 39.3 Å². The summed E-state index contributed by atoms with van der Waals surface area (Å²) in [5.74, 6) is 0.690. The van der Waals surface area contributed by atoms with Gasteiger partial charge in [-0.1, -0.05) is 60.7 Å². The molecule has 0 bridgehead atoms. The molecule has 0 aliphatic carbocycles. The molecule has 0 spiro atoms. The van der Waals surface area contributed by atoms with Crippen molar-refractivity contribution in [3.63, 3.8) is 0 Å². The van der Waals surface area contributed by atoms with Gasteiger partial charge in [-0.05, 0) is 37.8 Å². The first-order valence-corrected chi connectivity index (χ1v) is 11.5. The molecule has 172 valence electrons. The zero-order valence-corrected chi connectivity index (χ0v) is 19.8. The predicted octanol–water partition coefficient (Wildman–Crippen LogP) is 3.42. The second kappa shape index (κ2) is 11.7. The Labute approximate surface area is 192 Å². The number of nitrogens with one attached hydrogen (secondary N) is 2. The van der Waals surface area contributed by atoms with Crippen molar-refractivity contribution in [2.45, 2.75) is 51.4 Å². The normalized spacial score (nSPS) is 20.4. The van der Waals surface area contributed by atoms with Crippen LogP contribution in [0.3, 0.4) is 0 Å². The fourth-order valence-electron chi connectivity index (χ4n) is 4.05. The Kier molecular flexibility index (Phi) is 8.68. The molecule has 0 saturated carbocycles. The van der Waals surface area contributed by atoms with Gasteiger partial charge in [0.25, 0.3) is 0 Å². The molecule has 1 fully saturated rings. The van der Waals surface area contributed by atoms with Crippen LogP contribution < -0.4 is 10.6 Å².